The van der Waals surface area contributed by atoms with E-state index in [0.29, 0.717) is 18.4 Å². The van der Waals surface area contributed by atoms with Crippen LogP contribution in [0, 0.1) is 34.9 Å². The average Bonchev–Trinajstić information content (AvgIpc) is 2.64. The van der Waals surface area contributed by atoms with Crippen LogP contribution < -0.4 is 4.74 Å². The summed E-state index contributed by atoms with van der Waals surface area (Å²) >= 11 is 0. The molecule has 3 rings (SSSR count). The van der Waals surface area contributed by atoms with E-state index in [4.69, 9.17) is 0 Å². The molecular weight excluding hydrogens is 424 g/mol. The fraction of sp³-hybridized carbons (Fsp3) is 0.0500. The van der Waals surface area contributed by atoms with Gasteiger partial charge in [0.1, 0.15) is 35.1 Å². The van der Waals surface area contributed by atoms with Crippen LogP contribution in [0.5, 0.6) is 5.75 Å². The first-order valence-corrected chi connectivity index (χ1v) is 7.99. The molecule has 0 aliphatic heterocycles. The van der Waals surface area contributed by atoms with Gasteiger partial charge in [-0.3, -0.25) is 4.79 Å². The summed E-state index contributed by atoms with van der Waals surface area (Å²) in [4.78, 5) is 10.6. The zero-order valence-electron chi connectivity index (χ0n) is 14.5. The number of rotatable bonds is 5. The maximum Gasteiger partial charge on any atom is 0.432 e. The monoisotopic (exact) mass is 432 g/mol. The molecular formula is C20H8F8O2. The van der Waals surface area contributed by atoms with Crippen LogP contribution in [0.25, 0.3) is 11.1 Å². The van der Waals surface area contributed by atoms with Crippen molar-refractivity contribution in [3.8, 4) is 16.9 Å². The summed E-state index contributed by atoms with van der Waals surface area (Å²) in [6.45, 7) is 0. The van der Waals surface area contributed by atoms with Crippen molar-refractivity contribution in [1.29, 1.82) is 0 Å². The zero-order valence-corrected chi connectivity index (χ0v) is 14.5. The normalized spacial score (nSPS) is 11.5. The van der Waals surface area contributed by atoms with Gasteiger partial charge in [-0.1, -0.05) is 12.1 Å². The van der Waals surface area contributed by atoms with Gasteiger partial charge in [-0.25, -0.2) is 26.3 Å². The third-order valence-corrected chi connectivity index (χ3v) is 3.98. The third-order valence-electron chi connectivity index (χ3n) is 3.98. The van der Waals surface area contributed by atoms with Gasteiger partial charge in [0.15, 0.2) is 17.5 Å². The topological polar surface area (TPSA) is 26.3 Å². The summed E-state index contributed by atoms with van der Waals surface area (Å²) in [5.74, 6) is -11.6. The second kappa shape index (κ2) is 7.77. The first-order valence-electron chi connectivity index (χ1n) is 7.99. The second-order valence-corrected chi connectivity index (χ2v) is 5.99. The molecule has 30 heavy (non-hydrogen) atoms. The van der Waals surface area contributed by atoms with E-state index in [0.717, 1.165) is 18.2 Å². The number of ether oxygens (including phenoxy) is 1. The van der Waals surface area contributed by atoms with Crippen LogP contribution in [0.4, 0.5) is 35.1 Å². The van der Waals surface area contributed by atoms with Gasteiger partial charge in [-0.05, 0) is 23.8 Å². The van der Waals surface area contributed by atoms with Crippen molar-refractivity contribution in [3.05, 3.63) is 88.5 Å². The molecule has 3 aromatic carbocycles. The number of aldehydes is 1. The van der Waals surface area contributed by atoms with E-state index in [-0.39, 0.29) is 23.3 Å². The molecule has 2 nitrogen and oxygen atoms in total. The fourth-order valence-electron chi connectivity index (χ4n) is 2.64. The molecule has 0 atom stereocenters. The van der Waals surface area contributed by atoms with E-state index in [9.17, 15) is 39.9 Å². The molecule has 0 aliphatic carbocycles. The molecule has 0 aliphatic rings. The summed E-state index contributed by atoms with van der Waals surface area (Å²) in [5.41, 5.74) is -2.82. The Bertz CT molecular complexity index is 1100. The Labute approximate surface area is 163 Å². The minimum atomic E-state index is -4.76. The van der Waals surface area contributed by atoms with Gasteiger partial charge in [0.05, 0.1) is 0 Å². The molecule has 0 bridgehead atoms. The molecule has 0 aromatic heterocycles. The molecule has 0 radical (unpaired) electrons. The lowest BCUT2D eigenvalue weighted by Crippen LogP contribution is -2.25. The standard InChI is InChI=1S/C20H8F8O2/c21-13-3-9(8-29)1-2-12(13)10-4-14(22)18(15(23)5-10)20(27,28)30-11-6-16(24)19(26)17(25)7-11/h1-8H. The van der Waals surface area contributed by atoms with Crippen molar-refractivity contribution in [2.45, 2.75) is 6.11 Å². The highest BCUT2D eigenvalue weighted by Crippen LogP contribution is 2.38. The highest BCUT2D eigenvalue weighted by molar-refractivity contribution is 5.77. The molecule has 0 unspecified atom stereocenters. The number of benzene rings is 3. The van der Waals surface area contributed by atoms with Gasteiger partial charge in [-0.15, -0.1) is 0 Å². The van der Waals surface area contributed by atoms with E-state index in [2.05, 4.69) is 4.74 Å². The van der Waals surface area contributed by atoms with Crippen molar-refractivity contribution >= 4 is 6.29 Å². The lowest BCUT2D eigenvalue weighted by molar-refractivity contribution is -0.189. The quantitative estimate of drug-likeness (QED) is 0.276. The molecule has 0 heterocycles. The summed E-state index contributed by atoms with van der Waals surface area (Å²) in [6.07, 6.45) is -4.43. The number of alkyl halides is 2. The van der Waals surface area contributed by atoms with Crippen molar-refractivity contribution < 1.29 is 44.7 Å². The third kappa shape index (κ3) is 3.98. The Hall–Kier alpha value is -3.43. The predicted octanol–water partition coefficient (Wildman–Crippen LogP) is 6.13. The highest BCUT2D eigenvalue weighted by Gasteiger charge is 2.41. The summed E-state index contributed by atoms with van der Waals surface area (Å²) in [5, 5.41) is 0. The zero-order chi connectivity index (χ0) is 22.2. The van der Waals surface area contributed by atoms with E-state index in [1.807, 2.05) is 0 Å². The summed E-state index contributed by atoms with van der Waals surface area (Å²) in [6, 6.07) is 3.86. The maximum absolute atomic E-state index is 14.3. The minimum Gasteiger partial charge on any atom is -0.429 e. The molecule has 0 saturated heterocycles. The predicted molar refractivity (Wildman–Crippen MR) is 88.0 cm³/mol. The van der Waals surface area contributed by atoms with Crippen LogP contribution in [0.15, 0.2) is 42.5 Å². The first-order chi connectivity index (χ1) is 14.0. The minimum absolute atomic E-state index is 0.0625. The van der Waals surface area contributed by atoms with Crippen molar-refractivity contribution in [1.82, 2.24) is 0 Å². The number of carbonyl (C=O) groups is 1. The van der Waals surface area contributed by atoms with Gasteiger partial charge in [-0.2, -0.15) is 8.78 Å². The Balaban J connectivity index is 2.01. The van der Waals surface area contributed by atoms with Gasteiger partial charge < -0.3 is 4.74 Å². The molecule has 156 valence electrons. The van der Waals surface area contributed by atoms with Gasteiger partial charge >= 0.3 is 6.11 Å². The van der Waals surface area contributed by atoms with Crippen molar-refractivity contribution in [2.24, 2.45) is 0 Å². The van der Waals surface area contributed by atoms with Crippen LogP contribution in [0.3, 0.4) is 0 Å². The Morgan fingerprint density at radius 1 is 0.733 bits per heavy atom. The van der Waals surface area contributed by atoms with Crippen molar-refractivity contribution in [3.63, 3.8) is 0 Å². The van der Waals surface area contributed by atoms with Crippen LogP contribution in [-0.2, 0) is 6.11 Å². The lowest BCUT2D eigenvalue weighted by Gasteiger charge is -2.20. The van der Waals surface area contributed by atoms with Gasteiger partial charge in [0, 0.05) is 23.3 Å². The molecule has 10 heteroatoms. The Morgan fingerprint density at radius 3 is 1.80 bits per heavy atom. The molecule has 0 spiro atoms. The van der Waals surface area contributed by atoms with E-state index < -0.39 is 57.9 Å². The highest BCUT2D eigenvalue weighted by atomic mass is 19.3. The largest absolute Gasteiger partial charge is 0.432 e. The maximum atomic E-state index is 14.3. The van der Waals surface area contributed by atoms with Crippen molar-refractivity contribution in [2.75, 3.05) is 0 Å². The SMILES string of the molecule is O=Cc1ccc(-c2cc(F)c(C(F)(F)Oc3cc(F)c(F)c(F)c3)c(F)c2)c(F)c1. The smallest absolute Gasteiger partial charge is 0.429 e. The van der Waals surface area contributed by atoms with E-state index in [1.54, 1.807) is 0 Å². The molecule has 0 saturated carbocycles. The van der Waals surface area contributed by atoms with Crippen LogP contribution in [-0.4, -0.2) is 6.29 Å². The average molecular weight is 432 g/mol. The van der Waals surface area contributed by atoms with Crippen LogP contribution in [0.1, 0.15) is 15.9 Å². The number of hydrogen-bond acceptors (Lipinski definition) is 2. The molecule has 0 amide bonds. The Kier molecular flexibility index (Phi) is 5.51. The second-order valence-electron chi connectivity index (χ2n) is 5.99. The van der Waals surface area contributed by atoms with Crippen LogP contribution in [0.2, 0.25) is 0 Å². The van der Waals surface area contributed by atoms with E-state index in [1.165, 1.54) is 0 Å². The van der Waals surface area contributed by atoms with E-state index >= 15 is 0 Å². The Morgan fingerprint density at radius 2 is 1.30 bits per heavy atom. The number of halogens is 8. The summed E-state index contributed by atoms with van der Waals surface area (Å²) < 4.78 is 114. The van der Waals surface area contributed by atoms with Gasteiger partial charge in [0.25, 0.3) is 0 Å². The number of hydrogen-bond donors (Lipinski definition) is 0. The van der Waals surface area contributed by atoms with Crippen LogP contribution >= 0.6 is 0 Å². The fourth-order valence-corrected chi connectivity index (χ4v) is 2.64. The molecule has 0 N–H and O–H groups in total. The number of carbonyl (C=O) groups excluding carboxylic acids is 1. The molecule has 0 fully saturated rings. The first kappa shape index (κ1) is 21.3. The lowest BCUT2D eigenvalue weighted by atomic mass is 10.0. The molecule has 3 aromatic rings. The summed E-state index contributed by atoms with van der Waals surface area (Å²) in [7, 11) is 0. The van der Waals surface area contributed by atoms with Gasteiger partial charge in [0.2, 0.25) is 0 Å².